The molecular formula is C12H15O3. The molecule has 0 atom stereocenters. The predicted molar refractivity (Wildman–Crippen MR) is 57.8 cm³/mol. The Morgan fingerprint density at radius 1 is 1.20 bits per heavy atom. The van der Waals surface area contributed by atoms with Crippen molar-refractivity contribution in [3.8, 4) is 5.75 Å². The first-order valence-electron chi connectivity index (χ1n) is 4.70. The van der Waals surface area contributed by atoms with Crippen LogP contribution >= 0.6 is 0 Å². The maximum atomic E-state index is 11.3. The third-order valence-corrected chi connectivity index (χ3v) is 1.51. The van der Waals surface area contributed by atoms with Gasteiger partial charge in [0.15, 0.2) is 0 Å². The Morgan fingerprint density at radius 2 is 1.73 bits per heavy atom. The van der Waals surface area contributed by atoms with Gasteiger partial charge in [-0.05, 0) is 45.4 Å². The quantitative estimate of drug-likeness (QED) is 0.524. The normalized spacial score (nSPS) is 10.9. The highest BCUT2D eigenvalue weighted by molar-refractivity contribution is 5.64. The van der Waals surface area contributed by atoms with Crippen LogP contribution in [0.15, 0.2) is 24.3 Å². The second-order valence-corrected chi connectivity index (χ2v) is 4.21. The Hall–Kier alpha value is -1.51. The molecule has 0 saturated heterocycles. The van der Waals surface area contributed by atoms with Gasteiger partial charge in [0.2, 0.25) is 0 Å². The number of hydrogen-bond donors (Lipinski definition) is 0. The van der Waals surface area contributed by atoms with Gasteiger partial charge in [0.25, 0.3) is 0 Å². The summed E-state index contributed by atoms with van der Waals surface area (Å²) in [6, 6.07) is 6.87. The van der Waals surface area contributed by atoms with Crippen LogP contribution in [0.25, 0.3) is 0 Å². The van der Waals surface area contributed by atoms with Gasteiger partial charge in [0, 0.05) is 0 Å². The van der Waals surface area contributed by atoms with Crippen LogP contribution in [-0.4, -0.2) is 11.8 Å². The number of benzene rings is 1. The van der Waals surface area contributed by atoms with Gasteiger partial charge in [-0.25, -0.2) is 4.79 Å². The maximum Gasteiger partial charge on any atom is 0.514 e. The fourth-order valence-corrected chi connectivity index (χ4v) is 0.925. The Morgan fingerprint density at radius 3 is 2.20 bits per heavy atom. The van der Waals surface area contributed by atoms with Gasteiger partial charge in [-0.2, -0.15) is 0 Å². The molecule has 0 amide bonds. The Balaban J connectivity index is 2.55. The van der Waals surface area contributed by atoms with Crippen molar-refractivity contribution in [2.75, 3.05) is 0 Å². The number of ether oxygens (including phenoxy) is 2. The highest BCUT2D eigenvalue weighted by atomic mass is 16.7. The lowest BCUT2D eigenvalue weighted by Crippen LogP contribution is -2.25. The summed E-state index contributed by atoms with van der Waals surface area (Å²) in [6.45, 7) is 9.08. The van der Waals surface area contributed by atoms with Gasteiger partial charge < -0.3 is 9.47 Å². The van der Waals surface area contributed by atoms with Crippen molar-refractivity contribution in [1.82, 2.24) is 0 Å². The predicted octanol–water partition coefficient (Wildman–Crippen LogP) is 3.18. The summed E-state index contributed by atoms with van der Waals surface area (Å²) >= 11 is 0. The minimum Gasteiger partial charge on any atom is -0.428 e. The number of carbonyl (C=O) groups excluding carboxylic acids is 1. The fraction of sp³-hybridized carbons (Fsp3) is 0.333. The first-order valence-corrected chi connectivity index (χ1v) is 4.70. The molecule has 0 heterocycles. The van der Waals surface area contributed by atoms with Crippen LogP contribution in [0.3, 0.4) is 0 Å². The maximum absolute atomic E-state index is 11.3. The molecule has 1 radical (unpaired) electrons. The van der Waals surface area contributed by atoms with Crippen LogP contribution in [-0.2, 0) is 4.74 Å². The molecule has 0 aliphatic carbocycles. The van der Waals surface area contributed by atoms with E-state index in [1.807, 2.05) is 0 Å². The average Bonchev–Trinajstić information content (AvgIpc) is 2.05. The molecule has 0 saturated carbocycles. The number of carbonyl (C=O) groups is 1. The highest BCUT2D eigenvalue weighted by Gasteiger charge is 2.17. The molecule has 81 valence electrons. The lowest BCUT2D eigenvalue weighted by molar-refractivity contribution is 0.0206. The SMILES string of the molecule is [CH2]c1ccc(OC(=O)OC(C)(C)C)cc1. The summed E-state index contributed by atoms with van der Waals surface area (Å²) in [4.78, 5) is 11.3. The van der Waals surface area contributed by atoms with Crippen LogP contribution in [0.1, 0.15) is 26.3 Å². The van der Waals surface area contributed by atoms with Crippen LogP contribution in [0.2, 0.25) is 0 Å². The van der Waals surface area contributed by atoms with Crippen molar-refractivity contribution in [3.63, 3.8) is 0 Å². The van der Waals surface area contributed by atoms with Gasteiger partial charge >= 0.3 is 6.16 Å². The Kier molecular flexibility index (Phi) is 3.35. The standard InChI is InChI=1S/C12H15O3/c1-9-5-7-10(8-6-9)14-11(13)15-12(2,3)4/h5-8H,1H2,2-4H3. The zero-order valence-electron chi connectivity index (χ0n) is 9.24. The smallest absolute Gasteiger partial charge is 0.428 e. The third-order valence-electron chi connectivity index (χ3n) is 1.51. The van der Waals surface area contributed by atoms with Crippen LogP contribution in [0.5, 0.6) is 5.75 Å². The van der Waals surface area contributed by atoms with Crippen molar-refractivity contribution in [2.45, 2.75) is 26.4 Å². The molecule has 3 heteroatoms. The number of rotatable bonds is 1. The molecule has 1 aromatic rings. The fourth-order valence-electron chi connectivity index (χ4n) is 0.925. The summed E-state index contributed by atoms with van der Waals surface area (Å²) in [5.41, 5.74) is 0.329. The molecule has 0 spiro atoms. The second kappa shape index (κ2) is 4.34. The van der Waals surface area contributed by atoms with E-state index >= 15 is 0 Å². The van der Waals surface area contributed by atoms with E-state index in [1.165, 1.54) is 0 Å². The molecule has 0 aromatic heterocycles. The van der Waals surface area contributed by atoms with E-state index < -0.39 is 11.8 Å². The Labute approximate surface area is 90.0 Å². The Bertz CT molecular complexity index is 333. The van der Waals surface area contributed by atoms with Crippen molar-refractivity contribution >= 4 is 6.16 Å². The first kappa shape index (κ1) is 11.6. The molecule has 0 bridgehead atoms. The van der Waals surface area contributed by atoms with E-state index in [4.69, 9.17) is 9.47 Å². The average molecular weight is 207 g/mol. The largest absolute Gasteiger partial charge is 0.514 e. The molecule has 1 rings (SSSR count). The molecule has 0 aliphatic heterocycles. The van der Waals surface area contributed by atoms with E-state index in [0.717, 1.165) is 5.56 Å². The molecule has 15 heavy (non-hydrogen) atoms. The van der Waals surface area contributed by atoms with E-state index in [1.54, 1.807) is 45.0 Å². The molecule has 0 aliphatic rings. The number of hydrogen-bond acceptors (Lipinski definition) is 3. The van der Waals surface area contributed by atoms with E-state index in [2.05, 4.69) is 6.92 Å². The van der Waals surface area contributed by atoms with E-state index in [9.17, 15) is 4.79 Å². The van der Waals surface area contributed by atoms with Crippen molar-refractivity contribution in [3.05, 3.63) is 36.8 Å². The molecule has 1 aromatic carbocycles. The monoisotopic (exact) mass is 207 g/mol. The summed E-state index contributed by atoms with van der Waals surface area (Å²) in [5, 5.41) is 0. The van der Waals surface area contributed by atoms with Crippen molar-refractivity contribution < 1.29 is 14.3 Å². The van der Waals surface area contributed by atoms with Gasteiger partial charge in [0.1, 0.15) is 11.4 Å². The molecule has 0 fully saturated rings. The minimum atomic E-state index is -0.695. The van der Waals surface area contributed by atoms with Gasteiger partial charge in [0.05, 0.1) is 0 Å². The third kappa shape index (κ3) is 4.49. The summed E-state index contributed by atoms with van der Waals surface area (Å²) in [7, 11) is 0. The lowest BCUT2D eigenvalue weighted by Gasteiger charge is -2.18. The zero-order chi connectivity index (χ0) is 11.5. The summed E-state index contributed by atoms with van der Waals surface area (Å²) < 4.78 is 9.95. The summed E-state index contributed by atoms with van der Waals surface area (Å²) in [6.07, 6.45) is -0.695. The van der Waals surface area contributed by atoms with E-state index in [-0.39, 0.29) is 0 Å². The summed E-state index contributed by atoms with van der Waals surface area (Å²) in [5.74, 6) is 0.455. The molecule has 0 unspecified atom stereocenters. The molecular weight excluding hydrogens is 192 g/mol. The lowest BCUT2D eigenvalue weighted by atomic mass is 10.2. The second-order valence-electron chi connectivity index (χ2n) is 4.21. The van der Waals surface area contributed by atoms with Crippen molar-refractivity contribution in [1.29, 1.82) is 0 Å². The van der Waals surface area contributed by atoms with E-state index in [0.29, 0.717) is 5.75 Å². The highest BCUT2D eigenvalue weighted by Crippen LogP contribution is 2.14. The molecule has 0 N–H and O–H groups in total. The minimum absolute atomic E-state index is 0.455. The van der Waals surface area contributed by atoms with Crippen molar-refractivity contribution in [2.24, 2.45) is 0 Å². The zero-order valence-corrected chi connectivity index (χ0v) is 9.24. The topological polar surface area (TPSA) is 35.5 Å². The van der Waals surface area contributed by atoms with Gasteiger partial charge in [-0.3, -0.25) is 0 Å². The van der Waals surface area contributed by atoms with Gasteiger partial charge in [-0.1, -0.05) is 12.1 Å². The van der Waals surface area contributed by atoms with Crippen LogP contribution in [0.4, 0.5) is 4.79 Å². The van der Waals surface area contributed by atoms with Crippen LogP contribution < -0.4 is 4.74 Å². The van der Waals surface area contributed by atoms with Crippen LogP contribution in [0, 0.1) is 6.92 Å². The molecule has 3 nitrogen and oxygen atoms in total. The first-order chi connectivity index (χ1) is 6.87. The van der Waals surface area contributed by atoms with Gasteiger partial charge in [-0.15, -0.1) is 0 Å².